The molecule has 1 aliphatic heterocycles. The van der Waals surface area contributed by atoms with Crippen LogP contribution in [0.4, 0.5) is 18.9 Å². The van der Waals surface area contributed by atoms with E-state index in [9.17, 15) is 22.8 Å². The number of rotatable bonds is 10. The first-order valence-corrected chi connectivity index (χ1v) is 13.4. The normalized spacial score (nSPS) is 17.6. The number of thioether (sulfide) groups is 1. The Morgan fingerprint density at radius 2 is 1.71 bits per heavy atom. The van der Waals surface area contributed by atoms with E-state index in [1.54, 1.807) is 54.6 Å². The number of nitrogens with one attached hydrogen (secondary N) is 1. The summed E-state index contributed by atoms with van der Waals surface area (Å²) in [6.45, 7) is 2.81. The predicted octanol–water partition coefficient (Wildman–Crippen LogP) is 7.26. The minimum Gasteiger partial charge on any atom is -0.457 e. The van der Waals surface area contributed by atoms with Crippen molar-refractivity contribution in [2.45, 2.75) is 36.6 Å². The van der Waals surface area contributed by atoms with Gasteiger partial charge in [0.05, 0.1) is 17.4 Å². The molecule has 5 nitrogen and oxygen atoms in total. The number of alkyl halides is 3. The van der Waals surface area contributed by atoms with Crippen molar-refractivity contribution in [3.63, 3.8) is 0 Å². The topological polar surface area (TPSA) is 58.6 Å². The van der Waals surface area contributed by atoms with Crippen molar-refractivity contribution < 1.29 is 27.5 Å². The molecule has 0 aromatic heterocycles. The lowest BCUT2D eigenvalue weighted by Crippen LogP contribution is -2.33. The highest BCUT2D eigenvalue weighted by Gasteiger charge is 2.43. The molecule has 200 valence electrons. The van der Waals surface area contributed by atoms with Gasteiger partial charge in [0.2, 0.25) is 5.91 Å². The highest BCUT2D eigenvalue weighted by Crippen LogP contribution is 2.47. The Bertz CT molecular complexity index is 1270. The van der Waals surface area contributed by atoms with E-state index in [-0.39, 0.29) is 24.7 Å². The lowest BCUT2D eigenvalue weighted by molar-refractivity contribution is -0.137. The molecule has 2 atom stereocenters. The Morgan fingerprint density at radius 3 is 2.34 bits per heavy atom. The van der Waals surface area contributed by atoms with Crippen LogP contribution in [-0.4, -0.2) is 30.0 Å². The van der Waals surface area contributed by atoms with Crippen LogP contribution >= 0.6 is 23.4 Å². The van der Waals surface area contributed by atoms with Gasteiger partial charge in [0.25, 0.3) is 0 Å². The zero-order chi connectivity index (χ0) is 27.3. The van der Waals surface area contributed by atoms with Crippen LogP contribution in [0.5, 0.6) is 11.5 Å². The Hall–Kier alpha value is -3.01. The predicted molar refractivity (Wildman–Crippen MR) is 144 cm³/mol. The van der Waals surface area contributed by atoms with E-state index in [0.717, 1.165) is 18.6 Å². The van der Waals surface area contributed by atoms with E-state index in [4.69, 9.17) is 16.3 Å². The molecular formula is C28H26ClF3N2O3S. The van der Waals surface area contributed by atoms with Gasteiger partial charge >= 0.3 is 6.18 Å². The second kappa shape index (κ2) is 12.2. The number of ether oxygens (including phenoxy) is 1. The van der Waals surface area contributed by atoms with E-state index < -0.39 is 22.4 Å². The zero-order valence-electron chi connectivity index (χ0n) is 20.5. The van der Waals surface area contributed by atoms with Gasteiger partial charge in [-0.05, 0) is 79.2 Å². The molecule has 0 bridgehead atoms. The molecule has 2 unspecified atom stereocenters. The number of hydrogen-bond donors (Lipinski definition) is 1. The summed E-state index contributed by atoms with van der Waals surface area (Å²) < 4.78 is 46.1. The van der Waals surface area contributed by atoms with Crippen molar-refractivity contribution >= 4 is 40.7 Å². The number of halogens is 4. The molecule has 10 heteroatoms. The van der Waals surface area contributed by atoms with Gasteiger partial charge in [-0.25, -0.2) is 0 Å². The van der Waals surface area contributed by atoms with E-state index in [2.05, 4.69) is 5.32 Å². The van der Waals surface area contributed by atoms with E-state index in [0.29, 0.717) is 34.3 Å². The Morgan fingerprint density at radius 1 is 1.05 bits per heavy atom. The van der Waals surface area contributed by atoms with Crippen molar-refractivity contribution in [3.8, 4) is 11.5 Å². The first-order chi connectivity index (χ1) is 18.2. The smallest absolute Gasteiger partial charge is 0.416 e. The molecular weight excluding hydrogens is 537 g/mol. The molecule has 0 radical (unpaired) electrons. The van der Waals surface area contributed by atoms with Crippen molar-refractivity contribution in [1.29, 1.82) is 0 Å². The molecule has 38 heavy (non-hydrogen) atoms. The maximum absolute atomic E-state index is 13.5. The number of ketones is 1. The van der Waals surface area contributed by atoms with E-state index in [1.165, 1.54) is 22.7 Å². The number of anilines is 1. The molecule has 1 amide bonds. The summed E-state index contributed by atoms with van der Waals surface area (Å²) in [7, 11) is 0. The first-order valence-electron chi connectivity index (χ1n) is 12.1. The van der Waals surface area contributed by atoms with Gasteiger partial charge in [-0.3, -0.25) is 14.5 Å². The van der Waals surface area contributed by atoms with Gasteiger partial charge in [0.15, 0.2) is 0 Å². The number of carbonyl (C=O) groups is 2. The summed E-state index contributed by atoms with van der Waals surface area (Å²) in [5.74, 6) is 0.639. The van der Waals surface area contributed by atoms with Crippen LogP contribution in [0, 0.1) is 0 Å². The van der Waals surface area contributed by atoms with Gasteiger partial charge in [0.1, 0.15) is 22.7 Å². The standard InChI is InChI=1S/C28H26ClF3N2O3S/c1-2-14-33-17-22(35)16-25-26(36)34(27(38-25)18-4-3-5-19(15-18)28(30,31)32)21-8-12-24(13-9-21)37-23-10-6-20(29)7-11-23/h3-13,15,25,27,33H,2,14,16-17H2,1H3. The fraction of sp³-hybridized carbons (Fsp3) is 0.286. The molecule has 1 N–H and O–H groups in total. The SMILES string of the molecule is CCCNCC(=O)CC1SC(c2cccc(C(F)(F)F)c2)N(c2ccc(Oc3ccc(Cl)cc3)cc2)C1=O. The highest BCUT2D eigenvalue weighted by molar-refractivity contribution is 8.01. The van der Waals surface area contributed by atoms with Crippen LogP contribution in [0.1, 0.15) is 36.3 Å². The monoisotopic (exact) mass is 562 g/mol. The van der Waals surface area contributed by atoms with Crippen molar-refractivity contribution in [2.24, 2.45) is 0 Å². The fourth-order valence-corrected chi connectivity index (χ4v) is 5.64. The summed E-state index contributed by atoms with van der Waals surface area (Å²) in [6.07, 6.45) is -3.66. The maximum atomic E-state index is 13.5. The minimum atomic E-state index is -4.52. The number of benzene rings is 3. The second-order valence-electron chi connectivity index (χ2n) is 8.78. The summed E-state index contributed by atoms with van der Waals surface area (Å²) in [6, 6.07) is 18.5. The van der Waals surface area contributed by atoms with Gasteiger partial charge in [-0.1, -0.05) is 30.7 Å². The van der Waals surface area contributed by atoms with Crippen molar-refractivity contribution in [2.75, 3.05) is 18.0 Å². The van der Waals surface area contributed by atoms with Crippen molar-refractivity contribution in [1.82, 2.24) is 5.32 Å². The molecule has 0 saturated carbocycles. The third-order valence-corrected chi connectivity index (χ3v) is 7.56. The van der Waals surface area contributed by atoms with Gasteiger partial charge in [-0.15, -0.1) is 11.8 Å². The average molecular weight is 563 g/mol. The third-order valence-electron chi connectivity index (χ3n) is 5.87. The molecule has 4 rings (SSSR count). The summed E-state index contributed by atoms with van der Waals surface area (Å²) in [4.78, 5) is 27.5. The molecule has 3 aromatic carbocycles. The number of nitrogens with zero attached hydrogens (tertiary/aromatic N) is 1. The summed E-state index contributed by atoms with van der Waals surface area (Å²) in [5, 5.41) is 2.17. The molecule has 1 heterocycles. The highest BCUT2D eigenvalue weighted by atomic mass is 35.5. The van der Waals surface area contributed by atoms with E-state index in [1.807, 2.05) is 6.92 Å². The number of amides is 1. The van der Waals surface area contributed by atoms with Gasteiger partial charge < -0.3 is 10.1 Å². The lowest BCUT2D eigenvalue weighted by Gasteiger charge is -2.25. The third kappa shape index (κ3) is 6.89. The molecule has 0 aliphatic carbocycles. The molecule has 1 fully saturated rings. The van der Waals surface area contributed by atoms with Crippen LogP contribution in [-0.2, 0) is 15.8 Å². The largest absolute Gasteiger partial charge is 0.457 e. The quantitative estimate of drug-likeness (QED) is 0.264. The van der Waals surface area contributed by atoms with Gasteiger partial charge in [0, 0.05) is 17.1 Å². The van der Waals surface area contributed by atoms with Gasteiger partial charge in [-0.2, -0.15) is 13.2 Å². The minimum absolute atomic E-state index is 0.00998. The average Bonchev–Trinajstić information content (AvgIpc) is 3.21. The number of Topliss-reactive ketones (excluding diaryl/α,β-unsaturated/α-hetero) is 1. The summed E-state index contributed by atoms with van der Waals surface area (Å²) in [5.41, 5.74) is 0.0316. The van der Waals surface area contributed by atoms with Crippen LogP contribution < -0.4 is 15.0 Å². The van der Waals surface area contributed by atoms with Crippen LogP contribution in [0.2, 0.25) is 5.02 Å². The fourth-order valence-electron chi connectivity index (χ4n) is 4.04. The van der Waals surface area contributed by atoms with E-state index >= 15 is 0 Å². The maximum Gasteiger partial charge on any atom is 0.416 e. The lowest BCUT2D eigenvalue weighted by atomic mass is 10.1. The van der Waals surface area contributed by atoms with Crippen LogP contribution in [0.15, 0.2) is 72.8 Å². The van der Waals surface area contributed by atoms with Crippen LogP contribution in [0.3, 0.4) is 0 Å². The Kier molecular flexibility index (Phi) is 9.02. The zero-order valence-corrected chi connectivity index (χ0v) is 22.1. The number of hydrogen-bond acceptors (Lipinski definition) is 5. The second-order valence-corrected chi connectivity index (χ2v) is 10.5. The summed E-state index contributed by atoms with van der Waals surface area (Å²) >= 11 is 7.10. The first kappa shape index (κ1) is 28.0. The van der Waals surface area contributed by atoms with Crippen molar-refractivity contribution in [3.05, 3.63) is 88.9 Å². The number of carbonyl (C=O) groups excluding carboxylic acids is 2. The van der Waals surface area contributed by atoms with Crippen LogP contribution in [0.25, 0.3) is 0 Å². The Labute approximate surface area is 228 Å². The molecule has 1 saturated heterocycles. The molecule has 1 aliphatic rings. The molecule has 0 spiro atoms. The Balaban J connectivity index is 1.60. The molecule has 3 aromatic rings.